The Morgan fingerprint density at radius 3 is 2.91 bits per heavy atom. The molecular formula is C5H10B2N3P. The minimum Gasteiger partial charge on any atom is -0.359 e. The van der Waals surface area contributed by atoms with Crippen molar-refractivity contribution >= 4 is 29.9 Å². The van der Waals surface area contributed by atoms with Crippen LogP contribution in [0.15, 0.2) is 4.99 Å². The standard InChI is InChI=1S/C5H10B2N3P/c11-10-4-7-3-9-2-6-1-8-5(9)10/h1-4,11H2. The van der Waals surface area contributed by atoms with Crippen LogP contribution in [0.25, 0.3) is 0 Å². The minimum absolute atomic E-state index is 0.872. The fourth-order valence-corrected chi connectivity index (χ4v) is 1.80. The highest BCUT2D eigenvalue weighted by Crippen LogP contribution is 2.11. The molecule has 2 heterocycles. The Kier molecular flexibility index (Phi) is 2.08. The summed E-state index contributed by atoms with van der Waals surface area (Å²) in [6, 6.07) is 0. The third-order valence-electron chi connectivity index (χ3n) is 1.93. The molecule has 0 bridgehead atoms. The van der Waals surface area contributed by atoms with Gasteiger partial charge in [-0.1, -0.05) is 0 Å². The van der Waals surface area contributed by atoms with Gasteiger partial charge >= 0.3 is 0 Å². The van der Waals surface area contributed by atoms with Crippen LogP contribution in [0.3, 0.4) is 0 Å². The molecular weight excluding hydrogens is 155 g/mol. The maximum absolute atomic E-state index is 4.40. The summed E-state index contributed by atoms with van der Waals surface area (Å²) in [7, 11) is 7.14. The van der Waals surface area contributed by atoms with E-state index in [0.29, 0.717) is 0 Å². The van der Waals surface area contributed by atoms with Crippen molar-refractivity contribution in [1.29, 1.82) is 0 Å². The van der Waals surface area contributed by atoms with Crippen LogP contribution in [-0.4, -0.2) is 55.9 Å². The molecule has 3 nitrogen and oxygen atoms in total. The average molecular weight is 165 g/mol. The fraction of sp³-hybridized carbons (Fsp3) is 0.800. The third-order valence-corrected chi connectivity index (χ3v) is 2.37. The lowest BCUT2D eigenvalue weighted by molar-refractivity contribution is 0.466. The second-order valence-electron chi connectivity index (χ2n) is 2.78. The van der Waals surface area contributed by atoms with Gasteiger partial charge in [0.05, 0.1) is 0 Å². The first kappa shape index (κ1) is 7.48. The van der Waals surface area contributed by atoms with E-state index in [1.165, 1.54) is 0 Å². The van der Waals surface area contributed by atoms with Crippen LogP contribution in [0.5, 0.6) is 0 Å². The van der Waals surface area contributed by atoms with Gasteiger partial charge in [0.25, 0.3) is 0 Å². The Balaban J connectivity index is 2.14. The van der Waals surface area contributed by atoms with Crippen molar-refractivity contribution in [3.63, 3.8) is 0 Å². The van der Waals surface area contributed by atoms with Crippen LogP contribution in [0.2, 0.25) is 0 Å². The zero-order valence-corrected chi connectivity index (χ0v) is 7.56. The molecule has 6 heteroatoms. The smallest absolute Gasteiger partial charge is 0.196 e. The maximum atomic E-state index is 4.40. The Morgan fingerprint density at radius 1 is 1.27 bits per heavy atom. The van der Waals surface area contributed by atoms with Gasteiger partial charge in [-0.15, -0.1) is 0 Å². The highest BCUT2D eigenvalue weighted by atomic mass is 31.0. The molecule has 1 fully saturated rings. The Hall–Kier alpha value is -0.170. The first-order valence-corrected chi connectivity index (χ1v) is 4.34. The molecule has 2 aliphatic heterocycles. The van der Waals surface area contributed by atoms with Crippen LogP contribution in [0, 0.1) is 0 Å². The predicted molar refractivity (Wildman–Crippen MR) is 51.8 cm³/mol. The Labute approximate surface area is 71.0 Å². The summed E-state index contributed by atoms with van der Waals surface area (Å²) in [5.74, 6) is 1.13. The molecule has 1 unspecified atom stereocenters. The molecule has 2 rings (SSSR count). The fourth-order valence-electron chi connectivity index (χ4n) is 1.40. The van der Waals surface area contributed by atoms with Gasteiger partial charge in [0, 0.05) is 6.44 Å². The molecule has 56 valence electrons. The van der Waals surface area contributed by atoms with Crippen LogP contribution in [-0.2, 0) is 0 Å². The average Bonchev–Trinajstić information content (AvgIpc) is 2.06. The van der Waals surface area contributed by atoms with E-state index in [1.54, 1.807) is 0 Å². The summed E-state index contributed by atoms with van der Waals surface area (Å²) in [5, 5.41) is 0. The first-order valence-electron chi connectivity index (χ1n) is 3.83. The van der Waals surface area contributed by atoms with Crippen molar-refractivity contribution in [3.05, 3.63) is 0 Å². The largest absolute Gasteiger partial charge is 0.359 e. The van der Waals surface area contributed by atoms with Gasteiger partial charge in [0.2, 0.25) is 0 Å². The summed E-state index contributed by atoms with van der Waals surface area (Å²) >= 11 is 0. The number of nitrogens with zero attached hydrogens (tertiary/aromatic N) is 3. The van der Waals surface area contributed by atoms with E-state index < -0.39 is 0 Å². The molecule has 0 N–H and O–H groups in total. The molecule has 2 radical (unpaired) electrons. The zero-order chi connectivity index (χ0) is 7.68. The lowest BCUT2D eigenvalue weighted by Crippen LogP contribution is -2.53. The SMILES string of the molecule is PN1C[B]CN2C[B]CN=C12. The molecule has 1 saturated heterocycles. The van der Waals surface area contributed by atoms with E-state index in [-0.39, 0.29) is 0 Å². The summed E-state index contributed by atoms with van der Waals surface area (Å²) < 4.78 is 2.11. The highest BCUT2D eigenvalue weighted by molar-refractivity contribution is 7.15. The Bertz CT molecular complexity index is 187. The number of guanidine groups is 1. The van der Waals surface area contributed by atoms with E-state index in [0.717, 1.165) is 31.7 Å². The lowest BCUT2D eigenvalue weighted by Gasteiger charge is -2.38. The molecule has 1 atom stereocenters. The minimum atomic E-state index is 0.872. The van der Waals surface area contributed by atoms with Gasteiger partial charge in [0.1, 0.15) is 0 Å². The second-order valence-corrected chi connectivity index (χ2v) is 3.40. The highest BCUT2D eigenvalue weighted by Gasteiger charge is 2.23. The lowest BCUT2D eigenvalue weighted by atomic mass is 9.72. The molecule has 0 aromatic heterocycles. The normalized spacial score (nSPS) is 23.2. The van der Waals surface area contributed by atoms with Crippen molar-refractivity contribution in [2.75, 3.05) is 25.8 Å². The van der Waals surface area contributed by atoms with Crippen molar-refractivity contribution in [3.8, 4) is 0 Å². The van der Waals surface area contributed by atoms with Gasteiger partial charge in [-0.3, -0.25) is 4.99 Å². The number of rotatable bonds is 0. The zero-order valence-electron chi connectivity index (χ0n) is 6.40. The van der Waals surface area contributed by atoms with E-state index in [1.807, 2.05) is 0 Å². The molecule has 0 aromatic rings. The number of hydrogen-bond donors (Lipinski definition) is 0. The molecule has 2 aliphatic rings. The van der Waals surface area contributed by atoms with Crippen molar-refractivity contribution in [1.82, 2.24) is 9.57 Å². The topological polar surface area (TPSA) is 18.8 Å². The number of hydrogen-bond acceptors (Lipinski definition) is 3. The monoisotopic (exact) mass is 165 g/mol. The molecule has 0 aliphatic carbocycles. The summed E-state index contributed by atoms with van der Waals surface area (Å²) in [4.78, 5) is 6.67. The van der Waals surface area contributed by atoms with Crippen molar-refractivity contribution in [2.45, 2.75) is 0 Å². The third kappa shape index (κ3) is 1.39. The molecule has 0 aromatic carbocycles. The van der Waals surface area contributed by atoms with Crippen molar-refractivity contribution < 1.29 is 0 Å². The second kappa shape index (κ2) is 3.06. The van der Waals surface area contributed by atoms with Crippen LogP contribution in [0.1, 0.15) is 0 Å². The van der Waals surface area contributed by atoms with Gasteiger partial charge in [-0.2, -0.15) is 0 Å². The van der Waals surface area contributed by atoms with E-state index in [9.17, 15) is 0 Å². The van der Waals surface area contributed by atoms with Crippen molar-refractivity contribution in [2.24, 2.45) is 4.99 Å². The number of fused-ring (bicyclic) bond motifs is 1. The Morgan fingerprint density at radius 2 is 2.09 bits per heavy atom. The van der Waals surface area contributed by atoms with Gasteiger partial charge in [-0.05, 0) is 28.7 Å². The van der Waals surface area contributed by atoms with Crippen LogP contribution < -0.4 is 0 Å². The molecule has 11 heavy (non-hydrogen) atoms. The predicted octanol–water partition coefficient (Wildman–Crippen LogP) is -0.998. The number of aliphatic imine (C=N–C) groups is 1. The van der Waals surface area contributed by atoms with Gasteiger partial charge < -0.3 is 9.57 Å². The maximum Gasteiger partial charge on any atom is 0.196 e. The van der Waals surface area contributed by atoms with E-state index in [4.69, 9.17) is 0 Å². The van der Waals surface area contributed by atoms with E-state index in [2.05, 4.69) is 38.5 Å². The van der Waals surface area contributed by atoms with Crippen LogP contribution in [0.4, 0.5) is 0 Å². The summed E-state index contributed by atoms with van der Waals surface area (Å²) in [6.45, 7) is 0. The van der Waals surface area contributed by atoms with Gasteiger partial charge in [-0.25, -0.2) is 0 Å². The summed E-state index contributed by atoms with van der Waals surface area (Å²) in [5.41, 5.74) is 0. The molecule has 0 saturated carbocycles. The van der Waals surface area contributed by atoms with Gasteiger partial charge in [0.15, 0.2) is 20.5 Å². The first-order chi connectivity index (χ1) is 5.38. The molecule has 0 spiro atoms. The summed E-state index contributed by atoms with van der Waals surface area (Å²) in [6.07, 6.45) is 3.96. The van der Waals surface area contributed by atoms with Crippen LogP contribution >= 0.6 is 9.39 Å². The molecule has 0 amide bonds. The quantitative estimate of drug-likeness (QED) is 0.338. The van der Waals surface area contributed by atoms with E-state index >= 15 is 0 Å².